The molecule has 1 heteroatoms. The van der Waals surface area contributed by atoms with Crippen LogP contribution >= 0.6 is 0 Å². The van der Waals surface area contributed by atoms with Crippen LogP contribution < -0.4 is 0 Å². The second-order valence-electron chi connectivity index (χ2n) is 2.26. The summed E-state index contributed by atoms with van der Waals surface area (Å²) in [5.41, 5.74) is 0. The van der Waals surface area contributed by atoms with Gasteiger partial charge in [-0.25, -0.2) is 0 Å². The quantitative estimate of drug-likeness (QED) is 0.389. The van der Waals surface area contributed by atoms with Gasteiger partial charge >= 0.3 is 0 Å². The van der Waals surface area contributed by atoms with Crippen LogP contribution in [0.4, 0.5) is 0 Å². The van der Waals surface area contributed by atoms with E-state index in [1.54, 1.807) is 0 Å². The van der Waals surface area contributed by atoms with Crippen molar-refractivity contribution in [2.45, 2.75) is 25.6 Å². The predicted molar refractivity (Wildman–Crippen MR) is 38.5 cm³/mol. The smallest absolute Gasteiger partial charge is 0.0308 e. The van der Waals surface area contributed by atoms with E-state index >= 15 is 0 Å². The molecule has 0 rings (SSSR count). The lowest BCUT2D eigenvalue weighted by Gasteiger charge is -1.94. The average Bonchev–Trinajstić information content (AvgIpc) is 1.61. The highest BCUT2D eigenvalue weighted by atomic mass is 28.3. The SMILES string of the molecule is C=CCC[SiH](C)C. The molecular weight excluding hydrogens is 100 g/mol. The van der Waals surface area contributed by atoms with Crippen molar-refractivity contribution in [1.29, 1.82) is 0 Å². The topological polar surface area (TPSA) is 0 Å². The number of allylic oxidation sites excluding steroid dienone is 1. The summed E-state index contributed by atoms with van der Waals surface area (Å²) in [5.74, 6) is 0. The fourth-order valence-corrected chi connectivity index (χ4v) is 1.35. The van der Waals surface area contributed by atoms with Crippen molar-refractivity contribution in [3.63, 3.8) is 0 Å². The van der Waals surface area contributed by atoms with Crippen LogP contribution in [-0.4, -0.2) is 8.80 Å². The minimum Gasteiger partial charge on any atom is -0.103 e. The Balaban J connectivity index is 2.81. The van der Waals surface area contributed by atoms with Crippen LogP contribution in [0, 0.1) is 0 Å². The van der Waals surface area contributed by atoms with Crippen LogP contribution in [0.15, 0.2) is 12.7 Å². The molecule has 0 heterocycles. The Labute approximate surface area is 47.9 Å². The Morgan fingerprint density at radius 1 is 1.57 bits per heavy atom. The van der Waals surface area contributed by atoms with Gasteiger partial charge in [0.05, 0.1) is 0 Å². The van der Waals surface area contributed by atoms with Gasteiger partial charge < -0.3 is 0 Å². The van der Waals surface area contributed by atoms with Crippen molar-refractivity contribution < 1.29 is 0 Å². The largest absolute Gasteiger partial charge is 0.103 e. The molecule has 0 saturated heterocycles. The van der Waals surface area contributed by atoms with E-state index in [4.69, 9.17) is 0 Å². The lowest BCUT2D eigenvalue weighted by molar-refractivity contribution is 1.19. The molecule has 0 saturated carbocycles. The van der Waals surface area contributed by atoms with Crippen molar-refractivity contribution in [2.24, 2.45) is 0 Å². The molecule has 0 bridgehead atoms. The van der Waals surface area contributed by atoms with Crippen LogP contribution in [0.25, 0.3) is 0 Å². The van der Waals surface area contributed by atoms with Crippen molar-refractivity contribution in [3.8, 4) is 0 Å². The number of hydrogen-bond donors (Lipinski definition) is 0. The summed E-state index contributed by atoms with van der Waals surface area (Å²) in [6, 6.07) is 1.42. The predicted octanol–water partition coefficient (Wildman–Crippen LogP) is 2.05. The first-order chi connectivity index (χ1) is 3.27. The third-order valence-electron chi connectivity index (χ3n) is 0.948. The average molecular weight is 114 g/mol. The van der Waals surface area contributed by atoms with Gasteiger partial charge in [0, 0.05) is 8.80 Å². The van der Waals surface area contributed by atoms with Crippen molar-refractivity contribution in [3.05, 3.63) is 12.7 Å². The normalized spacial score (nSPS) is 9.57. The molecule has 0 aliphatic rings. The lowest BCUT2D eigenvalue weighted by atomic mass is 10.5. The second kappa shape index (κ2) is 4.12. The number of hydrogen-bond acceptors (Lipinski definition) is 0. The molecule has 0 aliphatic carbocycles. The monoisotopic (exact) mass is 114 g/mol. The molecule has 42 valence electrons. The summed E-state index contributed by atoms with van der Waals surface area (Å²) in [5, 5.41) is 0. The molecule has 0 N–H and O–H groups in total. The maximum absolute atomic E-state index is 3.65. The summed E-state index contributed by atoms with van der Waals surface area (Å²) < 4.78 is 0. The zero-order valence-corrected chi connectivity index (χ0v) is 6.43. The molecule has 0 atom stereocenters. The molecule has 7 heavy (non-hydrogen) atoms. The van der Waals surface area contributed by atoms with E-state index in [-0.39, 0.29) is 8.80 Å². The van der Waals surface area contributed by atoms with Crippen LogP contribution in [0.5, 0.6) is 0 Å². The number of rotatable bonds is 3. The van der Waals surface area contributed by atoms with Crippen molar-refractivity contribution in [1.82, 2.24) is 0 Å². The van der Waals surface area contributed by atoms with E-state index in [1.807, 2.05) is 6.08 Å². The Morgan fingerprint density at radius 2 is 2.14 bits per heavy atom. The zero-order chi connectivity index (χ0) is 5.70. The first-order valence-electron chi connectivity index (χ1n) is 2.88. The van der Waals surface area contributed by atoms with E-state index in [1.165, 1.54) is 12.5 Å². The Morgan fingerprint density at radius 3 is 2.29 bits per heavy atom. The molecular formula is C6H14Si. The first-order valence-corrected chi connectivity index (χ1v) is 6.01. The van der Waals surface area contributed by atoms with Gasteiger partial charge in [-0.2, -0.15) is 0 Å². The van der Waals surface area contributed by atoms with E-state index in [0.717, 1.165) is 0 Å². The summed E-state index contributed by atoms with van der Waals surface area (Å²) >= 11 is 0. The van der Waals surface area contributed by atoms with Gasteiger partial charge in [-0.3, -0.25) is 0 Å². The first kappa shape index (κ1) is 6.96. The Bertz CT molecular complexity index is 48.1. The fourth-order valence-electron chi connectivity index (χ4n) is 0.451. The van der Waals surface area contributed by atoms with Gasteiger partial charge in [0.15, 0.2) is 0 Å². The fraction of sp³-hybridized carbons (Fsp3) is 0.667. The molecule has 0 radical (unpaired) electrons. The summed E-state index contributed by atoms with van der Waals surface area (Å²) in [6.45, 7) is 8.38. The Hall–Kier alpha value is -0.0431. The summed E-state index contributed by atoms with van der Waals surface area (Å²) in [4.78, 5) is 0. The van der Waals surface area contributed by atoms with Crippen LogP contribution in [0.1, 0.15) is 6.42 Å². The van der Waals surface area contributed by atoms with Gasteiger partial charge in [-0.15, -0.1) is 6.58 Å². The standard InChI is InChI=1S/C6H14Si/c1-4-5-6-7(2)3/h4,7H,1,5-6H2,2-3H3. The highest BCUT2D eigenvalue weighted by Gasteiger charge is 1.89. The van der Waals surface area contributed by atoms with Gasteiger partial charge in [0.25, 0.3) is 0 Å². The Kier molecular flexibility index (Phi) is 4.10. The van der Waals surface area contributed by atoms with Crippen LogP contribution in [0.3, 0.4) is 0 Å². The van der Waals surface area contributed by atoms with E-state index in [0.29, 0.717) is 0 Å². The second-order valence-corrected chi connectivity index (χ2v) is 5.62. The summed E-state index contributed by atoms with van der Waals surface area (Å²) in [6.07, 6.45) is 3.23. The molecule has 0 fully saturated rings. The molecule has 0 amide bonds. The summed E-state index contributed by atoms with van der Waals surface area (Å²) in [7, 11) is -0.259. The van der Waals surface area contributed by atoms with Crippen LogP contribution in [-0.2, 0) is 0 Å². The molecule has 0 aromatic carbocycles. The minimum absolute atomic E-state index is 0.259. The van der Waals surface area contributed by atoms with Crippen molar-refractivity contribution >= 4 is 8.80 Å². The third kappa shape index (κ3) is 5.96. The van der Waals surface area contributed by atoms with Crippen molar-refractivity contribution in [2.75, 3.05) is 0 Å². The van der Waals surface area contributed by atoms with Gasteiger partial charge in [0.2, 0.25) is 0 Å². The third-order valence-corrected chi connectivity index (χ3v) is 2.44. The van der Waals surface area contributed by atoms with E-state index in [2.05, 4.69) is 19.7 Å². The van der Waals surface area contributed by atoms with E-state index in [9.17, 15) is 0 Å². The minimum atomic E-state index is -0.259. The lowest BCUT2D eigenvalue weighted by Crippen LogP contribution is -1.95. The zero-order valence-electron chi connectivity index (χ0n) is 5.28. The maximum atomic E-state index is 3.65. The van der Waals surface area contributed by atoms with Crippen LogP contribution in [0.2, 0.25) is 19.1 Å². The van der Waals surface area contributed by atoms with E-state index < -0.39 is 0 Å². The molecule has 0 aromatic heterocycles. The van der Waals surface area contributed by atoms with Gasteiger partial charge in [0.1, 0.15) is 0 Å². The van der Waals surface area contributed by atoms with Gasteiger partial charge in [-0.1, -0.05) is 25.2 Å². The highest BCUT2D eigenvalue weighted by molar-refractivity contribution is 6.55. The molecule has 0 unspecified atom stereocenters. The molecule has 0 aromatic rings. The highest BCUT2D eigenvalue weighted by Crippen LogP contribution is 1.95. The molecule has 0 nitrogen and oxygen atoms in total. The van der Waals surface area contributed by atoms with Gasteiger partial charge in [-0.05, 0) is 6.42 Å². The molecule has 0 aliphatic heterocycles. The maximum Gasteiger partial charge on any atom is 0.0308 e. The molecule has 0 spiro atoms.